The molecule has 34 heavy (non-hydrogen) atoms. The molecule has 10 nitrogen and oxygen atoms in total. The van der Waals surface area contributed by atoms with Crippen molar-refractivity contribution in [2.45, 2.75) is 70.1 Å². The zero-order valence-corrected chi connectivity index (χ0v) is 20.8. The number of hydrogen-bond acceptors (Lipinski definition) is 7. The number of anilines is 1. The monoisotopic (exact) mass is 493 g/mol. The fraction of sp³-hybridized carbons (Fsp3) is 0.652. The quantitative estimate of drug-likeness (QED) is 0.332. The smallest absolute Gasteiger partial charge is 0.270 e. The first-order chi connectivity index (χ1) is 16.3. The Morgan fingerprint density at radius 2 is 1.85 bits per heavy atom. The standard InChI is InChI=1S/C23H35N5O5S/c1-3-26(4-2)23(29)18-10-9-15-27(17-18)34(32,33)22-16-20(28(30)31)13-14-21(22)25-24-19-11-7-5-6-8-12-19/h13-14,16,18,25H,3-12,15,17H2,1-2H3. The highest BCUT2D eigenvalue weighted by Gasteiger charge is 2.36. The molecule has 1 saturated heterocycles. The third-order valence-corrected chi connectivity index (χ3v) is 8.52. The maximum Gasteiger partial charge on any atom is 0.270 e. The number of nitro groups is 1. The van der Waals surface area contributed by atoms with Crippen LogP contribution in [0.3, 0.4) is 0 Å². The van der Waals surface area contributed by atoms with Gasteiger partial charge in [0.05, 0.1) is 16.5 Å². The van der Waals surface area contributed by atoms with E-state index in [1.807, 2.05) is 13.8 Å². The van der Waals surface area contributed by atoms with Crippen LogP contribution in [-0.4, -0.2) is 60.3 Å². The number of benzene rings is 1. The molecule has 0 bridgehead atoms. The number of hydrogen-bond donors (Lipinski definition) is 1. The molecule has 0 radical (unpaired) electrons. The van der Waals surface area contributed by atoms with Crippen molar-refractivity contribution in [1.29, 1.82) is 0 Å². The average Bonchev–Trinajstić information content (AvgIpc) is 3.12. The van der Waals surface area contributed by atoms with Crippen LogP contribution >= 0.6 is 0 Å². The van der Waals surface area contributed by atoms with Gasteiger partial charge in [-0.25, -0.2) is 8.42 Å². The minimum absolute atomic E-state index is 0.0537. The molecule has 2 aliphatic rings. The van der Waals surface area contributed by atoms with Crippen molar-refractivity contribution < 1.29 is 18.1 Å². The Morgan fingerprint density at radius 3 is 2.47 bits per heavy atom. The van der Waals surface area contributed by atoms with Gasteiger partial charge in [-0.3, -0.25) is 20.3 Å². The Hall–Kier alpha value is -2.53. The van der Waals surface area contributed by atoms with Gasteiger partial charge < -0.3 is 4.90 Å². The first-order valence-electron chi connectivity index (χ1n) is 12.2. The molecule has 1 unspecified atom stereocenters. The predicted octanol–water partition coefficient (Wildman–Crippen LogP) is 3.99. The number of amides is 1. The second-order valence-electron chi connectivity index (χ2n) is 8.85. The van der Waals surface area contributed by atoms with Crippen LogP contribution in [0.4, 0.5) is 11.4 Å². The number of non-ortho nitro benzene ring substituents is 1. The number of rotatable bonds is 8. The van der Waals surface area contributed by atoms with E-state index in [4.69, 9.17) is 0 Å². The summed E-state index contributed by atoms with van der Waals surface area (Å²) in [5.41, 5.74) is 3.75. The first kappa shape index (κ1) is 26.1. The van der Waals surface area contributed by atoms with Crippen LogP contribution in [0.25, 0.3) is 0 Å². The maximum atomic E-state index is 13.7. The van der Waals surface area contributed by atoms with Crippen LogP contribution in [0.15, 0.2) is 28.2 Å². The van der Waals surface area contributed by atoms with E-state index in [0.717, 1.165) is 50.3 Å². The highest BCUT2D eigenvalue weighted by Crippen LogP contribution is 2.32. The normalized spacial score (nSPS) is 19.8. The van der Waals surface area contributed by atoms with E-state index >= 15 is 0 Å². The summed E-state index contributed by atoms with van der Waals surface area (Å²) in [6, 6.07) is 3.76. The number of carbonyl (C=O) groups is 1. The number of hydrazone groups is 1. The summed E-state index contributed by atoms with van der Waals surface area (Å²) in [6.07, 6.45) is 7.26. The lowest BCUT2D eigenvalue weighted by molar-refractivity contribution is -0.385. The summed E-state index contributed by atoms with van der Waals surface area (Å²) in [4.78, 5) is 25.2. The number of sulfonamides is 1. The van der Waals surface area contributed by atoms with Crippen molar-refractivity contribution in [1.82, 2.24) is 9.21 Å². The molecular formula is C23H35N5O5S. The van der Waals surface area contributed by atoms with Crippen molar-refractivity contribution >= 4 is 33.0 Å². The lowest BCUT2D eigenvalue weighted by Gasteiger charge is -2.34. The third kappa shape index (κ3) is 6.12. The number of nitrogens with zero attached hydrogens (tertiary/aromatic N) is 4. The Morgan fingerprint density at radius 1 is 1.18 bits per heavy atom. The molecule has 188 valence electrons. The summed E-state index contributed by atoms with van der Waals surface area (Å²) in [7, 11) is -4.09. The molecule has 1 amide bonds. The first-order valence-corrected chi connectivity index (χ1v) is 13.6. The molecule has 0 spiro atoms. The largest absolute Gasteiger partial charge is 0.343 e. The van der Waals surface area contributed by atoms with E-state index in [1.165, 1.54) is 16.4 Å². The van der Waals surface area contributed by atoms with Gasteiger partial charge in [0.1, 0.15) is 4.90 Å². The highest BCUT2D eigenvalue weighted by atomic mass is 32.2. The van der Waals surface area contributed by atoms with Crippen LogP contribution in [0.1, 0.15) is 65.2 Å². The molecule has 1 aromatic rings. The van der Waals surface area contributed by atoms with E-state index in [0.29, 0.717) is 25.9 Å². The van der Waals surface area contributed by atoms with Gasteiger partial charge in [-0.2, -0.15) is 9.41 Å². The summed E-state index contributed by atoms with van der Waals surface area (Å²) in [5.74, 6) is -0.480. The Bertz CT molecular complexity index is 1010. The van der Waals surface area contributed by atoms with Crippen LogP contribution < -0.4 is 5.43 Å². The predicted molar refractivity (Wildman–Crippen MR) is 131 cm³/mol. The van der Waals surface area contributed by atoms with Crippen molar-refractivity contribution in [3.05, 3.63) is 28.3 Å². The van der Waals surface area contributed by atoms with Gasteiger partial charge in [-0.05, 0) is 58.4 Å². The molecule has 1 aliphatic carbocycles. The molecule has 11 heteroatoms. The van der Waals surface area contributed by atoms with E-state index in [-0.39, 0.29) is 35.3 Å². The lowest BCUT2D eigenvalue weighted by atomic mass is 9.98. The third-order valence-electron chi connectivity index (χ3n) is 6.62. The summed E-state index contributed by atoms with van der Waals surface area (Å²) < 4.78 is 28.6. The summed E-state index contributed by atoms with van der Waals surface area (Å²) >= 11 is 0. The fourth-order valence-corrected chi connectivity index (χ4v) is 6.30. The molecular weight excluding hydrogens is 458 g/mol. The van der Waals surface area contributed by atoms with Crippen LogP contribution in [0.5, 0.6) is 0 Å². The Labute approximate surface area is 201 Å². The average molecular weight is 494 g/mol. The summed E-state index contributed by atoms with van der Waals surface area (Å²) in [6.45, 7) is 5.26. The molecule has 2 fully saturated rings. The number of carbonyl (C=O) groups excluding carboxylic acids is 1. The maximum absolute atomic E-state index is 13.7. The van der Waals surface area contributed by atoms with E-state index in [2.05, 4.69) is 10.5 Å². The van der Waals surface area contributed by atoms with E-state index in [9.17, 15) is 23.3 Å². The van der Waals surface area contributed by atoms with Gasteiger partial charge >= 0.3 is 0 Å². The topological polar surface area (TPSA) is 125 Å². The minimum atomic E-state index is -4.09. The van der Waals surface area contributed by atoms with Crippen molar-refractivity contribution in [2.24, 2.45) is 11.0 Å². The van der Waals surface area contributed by atoms with E-state index in [1.54, 1.807) is 4.90 Å². The molecule has 1 atom stereocenters. The second-order valence-corrected chi connectivity index (χ2v) is 10.8. The van der Waals surface area contributed by atoms with Gasteiger partial charge in [0.2, 0.25) is 15.9 Å². The number of nitrogens with one attached hydrogen (secondary N) is 1. The number of piperidine rings is 1. The molecule has 0 aromatic heterocycles. The van der Waals surface area contributed by atoms with Gasteiger partial charge in [-0.15, -0.1) is 0 Å². The minimum Gasteiger partial charge on any atom is -0.343 e. The second kappa shape index (κ2) is 11.7. The summed E-state index contributed by atoms with van der Waals surface area (Å²) in [5, 5.41) is 15.8. The van der Waals surface area contributed by atoms with Gasteiger partial charge in [0.25, 0.3) is 5.69 Å². The van der Waals surface area contributed by atoms with Crippen LogP contribution in [0.2, 0.25) is 0 Å². The van der Waals surface area contributed by atoms with Crippen molar-refractivity contribution in [2.75, 3.05) is 31.6 Å². The number of nitro benzene ring substituents is 1. The molecule has 1 aliphatic heterocycles. The van der Waals surface area contributed by atoms with E-state index < -0.39 is 20.9 Å². The van der Waals surface area contributed by atoms with Crippen molar-refractivity contribution in [3.63, 3.8) is 0 Å². The molecule has 1 aromatic carbocycles. The van der Waals surface area contributed by atoms with Crippen LogP contribution in [0, 0.1) is 16.0 Å². The zero-order chi connectivity index (χ0) is 24.7. The van der Waals surface area contributed by atoms with Crippen molar-refractivity contribution in [3.8, 4) is 0 Å². The molecule has 1 N–H and O–H groups in total. The molecule has 1 heterocycles. The molecule has 1 saturated carbocycles. The SMILES string of the molecule is CCN(CC)C(=O)C1CCCN(S(=O)(=O)c2cc([N+](=O)[O-])ccc2NN=C2CCCCCC2)C1. The Balaban J connectivity index is 1.90. The lowest BCUT2D eigenvalue weighted by Crippen LogP contribution is -2.46. The van der Waals surface area contributed by atoms with Gasteiger partial charge in [0, 0.05) is 44.0 Å². The van der Waals surface area contributed by atoms with Gasteiger partial charge in [-0.1, -0.05) is 12.8 Å². The fourth-order valence-electron chi connectivity index (χ4n) is 4.61. The van der Waals surface area contributed by atoms with Crippen LogP contribution in [-0.2, 0) is 14.8 Å². The highest BCUT2D eigenvalue weighted by molar-refractivity contribution is 7.89. The van der Waals surface area contributed by atoms with Gasteiger partial charge in [0.15, 0.2) is 0 Å². The molecule has 3 rings (SSSR count). The zero-order valence-electron chi connectivity index (χ0n) is 20.0. The Kier molecular flexibility index (Phi) is 9.01.